The van der Waals surface area contributed by atoms with Crippen LogP contribution in [0.4, 0.5) is 0 Å². The maximum Gasteiger partial charge on any atom is 0.0792 e. The standard InChI is InChI=1S/C9H15NO/c1-7(2)8-3-5-9(10-11)6-4-8/h3,5,7-8,11H,4,6H2,1-2H3/b10-9-. The summed E-state index contributed by atoms with van der Waals surface area (Å²) in [5.41, 5.74) is 0.807. The number of rotatable bonds is 1. The van der Waals surface area contributed by atoms with E-state index in [1.165, 1.54) is 0 Å². The molecule has 0 radical (unpaired) electrons. The summed E-state index contributed by atoms with van der Waals surface area (Å²) in [7, 11) is 0. The number of allylic oxidation sites excluding steroid dienone is 2. The van der Waals surface area contributed by atoms with Gasteiger partial charge in [0.2, 0.25) is 0 Å². The summed E-state index contributed by atoms with van der Waals surface area (Å²) < 4.78 is 0. The van der Waals surface area contributed by atoms with Crippen molar-refractivity contribution in [2.24, 2.45) is 17.0 Å². The second kappa shape index (κ2) is 3.56. The van der Waals surface area contributed by atoms with Crippen molar-refractivity contribution in [2.75, 3.05) is 0 Å². The lowest BCUT2D eigenvalue weighted by Crippen LogP contribution is -2.12. The Labute approximate surface area is 67.6 Å². The first-order valence-corrected chi connectivity index (χ1v) is 4.13. The van der Waals surface area contributed by atoms with Crippen LogP contribution >= 0.6 is 0 Å². The monoisotopic (exact) mass is 153 g/mol. The molecule has 62 valence electrons. The highest BCUT2D eigenvalue weighted by atomic mass is 16.4. The molecule has 2 nitrogen and oxygen atoms in total. The Balaban J connectivity index is 2.56. The van der Waals surface area contributed by atoms with Crippen molar-refractivity contribution in [1.82, 2.24) is 0 Å². The van der Waals surface area contributed by atoms with E-state index in [1.54, 1.807) is 0 Å². The molecular weight excluding hydrogens is 138 g/mol. The second-order valence-electron chi connectivity index (χ2n) is 3.40. The number of hydrogen-bond donors (Lipinski definition) is 1. The SMILES string of the molecule is CC(C)C1C=C/C(=N/O)CC1. The van der Waals surface area contributed by atoms with Gasteiger partial charge in [-0.3, -0.25) is 0 Å². The van der Waals surface area contributed by atoms with E-state index in [9.17, 15) is 0 Å². The van der Waals surface area contributed by atoms with E-state index in [1.807, 2.05) is 6.08 Å². The molecule has 1 rings (SSSR count). The van der Waals surface area contributed by atoms with Gasteiger partial charge in [0.05, 0.1) is 5.71 Å². The fraction of sp³-hybridized carbons (Fsp3) is 0.667. The molecule has 0 amide bonds. The van der Waals surface area contributed by atoms with Crippen molar-refractivity contribution < 1.29 is 5.21 Å². The zero-order chi connectivity index (χ0) is 8.27. The van der Waals surface area contributed by atoms with Gasteiger partial charge in [-0.1, -0.05) is 25.1 Å². The van der Waals surface area contributed by atoms with Crippen LogP contribution in [-0.2, 0) is 0 Å². The first kappa shape index (κ1) is 8.31. The lowest BCUT2D eigenvalue weighted by molar-refractivity contribution is 0.316. The lowest BCUT2D eigenvalue weighted by Gasteiger charge is -2.19. The molecule has 11 heavy (non-hydrogen) atoms. The molecule has 1 N–H and O–H groups in total. The third kappa shape index (κ3) is 2.07. The van der Waals surface area contributed by atoms with Crippen LogP contribution in [0.2, 0.25) is 0 Å². The minimum Gasteiger partial charge on any atom is -0.411 e. The minimum absolute atomic E-state index is 0.667. The summed E-state index contributed by atoms with van der Waals surface area (Å²) >= 11 is 0. The molecule has 0 aliphatic heterocycles. The van der Waals surface area contributed by atoms with Crippen LogP contribution < -0.4 is 0 Å². The van der Waals surface area contributed by atoms with Crippen LogP contribution in [0.15, 0.2) is 17.3 Å². The van der Waals surface area contributed by atoms with Gasteiger partial charge in [-0.15, -0.1) is 0 Å². The van der Waals surface area contributed by atoms with Crippen LogP contribution in [0.1, 0.15) is 26.7 Å². The quantitative estimate of drug-likeness (QED) is 0.455. The summed E-state index contributed by atoms with van der Waals surface area (Å²) in [5.74, 6) is 1.37. The van der Waals surface area contributed by atoms with E-state index >= 15 is 0 Å². The molecule has 0 aromatic heterocycles. The van der Waals surface area contributed by atoms with Gasteiger partial charge in [0, 0.05) is 0 Å². The summed E-state index contributed by atoms with van der Waals surface area (Å²) in [6, 6.07) is 0. The van der Waals surface area contributed by atoms with Crippen molar-refractivity contribution in [1.29, 1.82) is 0 Å². The van der Waals surface area contributed by atoms with Crippen LogP contribution in [0, 0.1) is 11.8 Å². The first-order valence-electron chi connectivity index (χ1n) is 4.13. The zero-order valence-corrected chi connectivity index (χ0v) is 7.12. The van der Waals surface area contributed by atoms with Gasteiger partial charge in [-0.05, 0) is 30.8 Å². The summed E-state index contributed by atoms with van der Waals surface area (Å²) in [6.07, 6.45) is 6.10. The zero-order valence-electron chi connectivity index (χ0n) is 7.12. The van der Waals surface area contributed by atoms with Gasteiger partial charge in [0.25, 0.3) is 0 Å². The van der Waals surface area contributed by atoms with Gasteiger partial charge >= 0.3 is 0 Å². The van der Waals surface area contributed by atoms with Crippen LogP contribution in [-0.4, -0.2) is 10.9 Å². The lowest BCUT2D eigenvalue weighted by atomic mass is 9.86. The van der Waals surface area contributed by atoms with E-state index in [-0.39, 0.29) is 0 Å². The number of oxime groups is 1. The first-order chi connectivity index (χ1) is 5.24. The minimum atomic E-state index is 0.667. The van der Waals surface area contributed by atoms with Gasteiger partial charge in [0.1, 0.15) is 0 Å². The molecule has 1 atom stereocenters. The van der Waals surface area contributed by atoms with Crippen molar-refractivity contribution in [3.05, 3.63) is 12.2 Å². The van der Waals surface area contributed by atoms with E-state index in [0.717, 1.165) is 18.6 Å². The molecule has 0 spiro atoms. The van der Waals surface area contributed by atoms with E-state index in [4.69, 9.17) is 5.21 Å². The molecule has 0 bridgehead atoms. The Bertz CT molecular complexity index is 182. The van der Waals surface area contributed by atoms with Gasteiger partial charge in [0.15, 0.2) is 0 Å². The Morgan fingerprint density at radius 2 is 2.36 bits per heavy atom. The van der Waals surface area contributed by atoms with Gasteiger partial charge in [-0.2, -0.15) is 0 Å². The third-order valence-electron chi connectivity index (χ3n) is 2.25. The Morgan fingerprint density at radius 3 is 2.73 bits per heavy atom. The van der Waals surface area contributed by atoms with E-state index < -0.39 is 0 Å². The van der Waals surface area contributed by atoms with E-state index in [2.05, 4.69) is 25.1 Å². The average Bonchev–Trinajstić information content (AvgIpc) is 2.05. The topological polar surface area (TPSA) is 32.6 Å². The molecule has 0 heterocycles. The molecule has 1 aliphatic rings. The predicted molar refractivity (Wildman–Crippen MR) is 45.9 cm³/mol. The van der Waals surface area contributed by atoms with Crippen LogP contribution in [0.5, 0.6) is 0 Å². The Kier molecular flexibility index (Phi) is 2.69. The third-order valence-corrected chi connectivity index (χ3v) is 2.25. The highest BCUT2D eigenvalue weighted by Crippen LogP contribution is 2.22. The maximum atomic E-state index is 8.45. The second-order valence-corrected chi connectivity index (χ2v) is 3.40. The highest BCUT2D eigenvalue weighted by Gasteiger charge is 2.14. The Morgan fingerprint density at radius 1 is 1.64 bits per heavy atom. The molecule has 1 aliphatic carbocycles. The summed E-state index contributed by atoms with van der Waals surface area (Å²) in [6.45, 7) is 4.44. The molecule has 0 aromatic rings. The predicted octanol–water partition coefficient (Wildman–Crippen LogP) is 2.44. The molecule has 0 saturated heterocycles. The molecule has 0 fully saturated rings. The summed E-state index contributed by atoms with van der Waals surface area (Å²) in [4.78, 5) is 0. The van der Waals surface area contributed by atoms with Gasteiger partial charge < -0.3 is 5.21 Å². The molecule has 0 aromatic carbocycles. The van der Waals surface area contributed by atoms with Crippen LogP contribution in [0.25, 0.3) is 0 Å². The van der Waals surface area contributed by atoms with Crippen molar-refractivity contribution in [3.63, 3.8) is 0 Å². The molecule has 1 unspecified atom stereocenters. The van der Waals surface area contributed by atoms with Gasteiger partial charge in [-0.25, -0.2) is 0 Å². The Hall–Kier alpha value is -0.790. The van der Waals surface area contributed by atoms with Crippen LogP contribution in [0.3, 0.4) is 0 Å². The summed E-state index contributed by atoms with van der Waals surface area (Å²) in [5, 5.41) is 11.6. The fourth-order valence-electron chi connectivity index (χ4n) is 1.37. The number of nitrogens with zero attached hydrogens (tertiary/aromatic N) is 1. The molecule has 0 saturated carbocycles. The smallest absolute Gasteiger partial charge is 0.0792 e. The largest absolute Gasteiger partial charge is 0.411 e. The van der Waals surface area contributed by atoms with Crippen molar-refractivity contribution in [2.45, 2.75) is 26.7 Å². The van der Waals surface area contributed by atoms with Crippen molar-refractivity contribution in [3.8, 4) is 0 Å². The average molecular weight is 153 g/mol. The molecule has 2 heteroatoms. The fourth-order valence-corrected chi connectivity index (χ4v) is 1.37. The number of hydrogen-bond acceptors (Lipinski definition) is 2. The van der Waals surface area contributed by atoms with E-state index in [0.29, 0.717) is 11.8 Å². The van der Waals surface area contributed by atoms with Crippen molar-refractivity contribution >= 4 is 5.71 Å². The normalized spacial score (nSPS) is 28.3. The highest BCUT2D eigenvalue weighted by molar-refractivity contribution is 5.95. The maximum absolute atomic E-state index is 8.45. The molecular formula is C9H15NO.